The third-order valence-corrected chi connectivity index (χ3v) is 14.3. The second-order valence-electron chi connectivity index (χ2n) is 19.0. The van der Waals surface area contributed by atoms with Crippen molar-refractivity contribution in [3.8, 4) is 0 Å². The average molecular weight is 682 g/mol. The van der Waals surface area contributed by atoms with Crippen LogP contribution in [-0.2, 0) is 24.0 Å². The number of carboxylic acids is 1. The standard InChI is InChI=1S/C40H63N3O6/c1-11-25-21-38(25,34(48)49)23-30(45)28-22-40(37(9,10)39(40)17-15-18-39)24-43(28)33(47)26(35(3,4)5)20-29(44)31(36(6,7)8)41-32(46)27-16-13-14-19-42(27)12-2/h11,25-28,31H,1,12-24H2,2-10H3,(H,41,46)(H,48,49)/t25-,26-,27+,28+,31-,38-,40-/m1/s1. The molecule has 2 amide bonds. The average Bonchev–Trinajstić information content (AvgIpc) is 3.72. The number of amides is 2. The fraction of sp³-hybridized carbons (Fsp3) is 0.825. The van der Waals surface area contributed by atoms with Gasteiger partial charge in [-0.15, -0.1) is 6.58 Å². The maximum atomic E-state index is 14.9. The van der Waals surface area contributed by atoms with E-state index in [0.29, 0.717) is 19.4 Å². The number of likely N-dealkylation sites (tertiary alicyclic amines) is 2. The molecule has 0 aromatic rings. The number of carbonyl (C=O) groups is 5. The van der Waals surface area contributed by atoms with Crippen molar-refractivity contribution in [3.63, 3.8) is 0 Å². The highest BCUT2D eigenvalue weighted by atomic mass is 16.4. The van der Waals surface area contributed by atoms with Gasteiger partial charge in [0.15, 0.2) is 11.6 Å². The topological polar surface area (TPSA) is 124 Å². The van der Waals surface area contributed by atoms with Gasteiger partial charge >= 0.3 is 5.97 Å². The molecule has 0 aromatic heterocycles. The molecule has 274 valence electrons. The van der Waals surface area contributed by atoms with E-state index in [1.165, 1.54) is 0 Å². The number of carbonyl (C=O) groups excluding carboxylic acids is 4. The number of piperidine rings is 1. The molecule has 2 aliphatic heterocycles. The number of carboxylic acid groups (broad SMARTS) is 1. The van der Waals surface area contributed by atoms with Gasteiger partial charge in [0.05, 0.1) is 23.5 Å². The van der Waals surface area contributed by atoms with Crippen LogP contribution in [0.15, 0.2) is 12.7 Å². The Bertz CT molecular complexity index is 1380. The van der Waals surface area contributed by atoms with Gasteiger partial charge in [-0.2, -0.15) is 0 Å². The molecule has 0 unspecified atom stereocenters. The molecular weight excluding hydrogens is 618 g/mol. The maximum absolute atomic E-state index is 14.9. The number of ketones is 2. The molecule has 0 radical (unpaired) electrons. The lowest BCUT2D eigenvalue weighted by molar-refractivity contribution is -0.149. The molecule has 9 heteroatoms. The molecule has 0 aromatic carbocycles. The zero-order chi connectivity index (χ0) is 36.5. The zero-order valence-electron chi connectivity index (χ0n) is 31.7. The first-order valence-corrected chi connectivity index (χ1v) is 18.9. The highest BCUT2D eigenvalue weighted by Gasteiger charge is 2.85. The normalized spacial score (nSPS) is 33.0. The molecular formula is C40H63N3O6. The molecule has 7 atom stereocenters. The summed E-state index contributed by atoms with van der Waals surface area (Å²) in [6.45, 7) is 24.2. The Labute approximate surface area is 294 Å². The molecule has 5 aliphatic rings. The third kappa shape index (κ3) is 6.01. The molecule has 3 saturated carbocycles. The smallest absolute Gasteiger partial charge is 0.310 e. The minimum absolute atomic E-state index is 0.0420. The molecule has 2 saturated heterocycles. The lowest BCUT2D eigenvalue weighted by atomic mass is 9.73. The Balaban J connectivity index is 1.42. The number of hydrogen-bond donors (Lipinski definition) is 2. The molecule has 2 heterocycles. The molecule has 2 spiro atoms. The van der Waals surface area contributed by atoms with E-state index in [1.807, 2.05) is 41.5 Å². The predicted octanol–water partition coefficient (Wildman–Crippen LogP) is 6.05. The monoisotopic (exact) mass is 681 g/mol. The highest BCUT2D eigenvalue weighted by Crippen LogP contribution is 2.88. The molecule has 49 heavy (non-hydrogen) atoms. The van der Waals surface area contributed by atoms with E-state index < -0.39 is 40.2 Å². The first kappa shape index (κ1) is 37.7. The first-order chi connectivity index (χ1) is 22.6. The van der Waals surface area contributed by atoms with Crippen molar-refractivity contribution >= 4 is 29.4 Å². The van der Waals surface area contributed by atoms with Gasteiger partial charge in [-0.1, -0.05) is 81.2 Å². The lowest BCUT2D eigenvalue weighted by Crippen LogP contribution is -2.57. The van der Waals surface area contributed by atoms with Gasteiger partial charge in [-0.25, -0.2) is 0 Å². The second kappa shape index (κ2) is 12.6. The Hall–Kier alpha value is -2.55. The van der Waals surface area contributed by atoms with Crippen molar-refractivity contribution in [1.29, 1.82) is 0 Å². The summed E-state index contributed by atoms with van der Waals surface area (Å²) in [6, 6.07) is -1.77. The fourth-order valence-electron chi connectivity index (χ4n) is 10.7. The zero-order valence-corrected chi connectivity index (χ0v) is 31.7. The number of nitrogens with zero attached hydrogens (tertiary/aromatic N) is 2. The molecule has 5 fully saturated rings. The van der Waals surface area contributed by atoms with Crippen molar-refractivity contribution in [3.05, 3.63) is 12.7 Å². The van der Waals surface area contributed by atoms with Crippen LogP contribution in [0.2, 0.25) is 0 Å². The van der Waals surface area contributed by atoms with Crippen LogP contribution >= 0.6 is 0 Å². The Kier molecular flexibility index (Phi) is 9.69. The number of nitrogens with one attached hydrogen (secondary N) is 1. The van der Waals surface area contributed by atoms with Crippen molar-refractivity contribution in [2.75, 3.05) is 19.6 Å². The third-order valence-electron chi connectivity index (χ3n) is 14.3. The van der Waals surface area contributed by atoms with Gasteiger partial charge in [0.25, 0.3) is 0 Å². The van der Waals surface area contributed by atoms with Crippen LogP contribution < -0.4 is 5.32 Å². The quantitative estimate of drug-likeness (QED) is 0.241. The summed E-state index contributed by atoms with van der Waals surface area (Å²) in [5.74, 6) is -2.67. The number of aliphatic carboxylic acids is 1. The molecule has 5 rings (SSSR count). The van der Waals surface area contributed by atoms with Crippen LogP contribution in [0.25, 0.3) is 0 Å². The maximum Gasteiger partial charge on any atom is 0.310 e. The number of fused-ring (bicyclic) bond motifs is 1. The largest absolute Gasteiger partial charge is 0.481 e. The van der Waals surface area contributed by atoms with E-state index in [9.17, 15) is 29.1 Å². The number of hydrogen-bond acceptors (Lipinski definition) is 6. The van der Waals surface area contributed by atoms with Gasteiger partial charge < -0.3 is 15.3 Å². The summed E-state index contributed by atoms with van der Waals surface area (Å²) in [5.41, 5.74) is -2.50. The number of rotatable bonds is 12. The number of allylic oxidation sites excluding steroid dienone is 1. The minimum Gasteiger partial charge on any atom is -0.481 e. The van der Waals surface area contributed by atoms with Crippen molar-refractivity contribution < 1.29 is 29.1 Å². The van der Waals surface area contributed by atoms with Crippen molar-refractivity contribution in [2.45, 2.75) is 145 Å². The van der Waals surface area contributed by atoms with E-state index in [4.69, 9.17) is 0 Å². The highest BCUT2D eigenvalue weighted by molar-refractivity contribution is 5.97. The van der Waals surface area contributed by atoms with E-state index in [2.05, 4.69) is 37.6 Å². The van der Waals surface area contributed by atoms with Crippen molar-refractivity contribution in [1.82, 2.24) is 15.1 Å². The van der Waals surface area contributed by atoms with Gasteiger partial charge in [0.2, 0.25) is 11.8 Å². The van der Waals surface area contributed by atoms with Crippen LogP contribution in [0.1, 0.15) is 127 Å². The minimum atomic E-state index is -1.15. The predicted molar refractivity (Wildman–Crippen MR) is 189 cm³/mol. The van der Waals surface area contributed by atoms with Gasteiger partial charge in [-0.3, -0.25) is 28.9 Å². The Morgan fingerprint density at radius 2 is 1.59 bits per heavy atom. The second-order valence-corrected chi connectivity index (χ2v) is 19.0. The fourth-order valence-corrected chi connectivity index (χ4v) is 10.7. The first-order valence-electron chi connectivity index (χ1n) is 18.9. The lowest BCUT2D eigenvalue weighted by Gasteiger charge is -2.39. The van der Waals surface area contributed by atoms with E-state index in [-0.39, 0.29) is 64.4 Å². The summed E-state index contributed by atoms with van der Waals surface area (Å²) < 4.78 is 0. The van der Waals surface area contributed by atoms with E-state index >= 15 is 0 Å². The van der Waals surface area contributed by atoms with Crippen molar-refractivity contribution in [2.24, 2.45) is 44.3 Å². The van der Waals surface area contributed by atoms with Crippen LogP contribution in [0, 0.1) is 44.3 Å². The number of Topliss-reactive ketones (excluding diaryl/α,β-unsaturated/α-hetero) is 2. The SMILES string of the molecule is C=C[C@@H]1C[C@]1(CC(=O)[C@@H]1C[C@@]2(CN1C(=O)[C@@H](CC(=O)[C@@H](NC(=O)[C@@H]1CCCCN1CC)C(C)(C)C)C(C)(C)C)C(C)(C)C21CCC1)C(=O)O. The summed E-state index contributed by atoms with van der Waals surface area (Å²) >= 11 is 0. The molecule has 0 bridgehead atoms. The number of likely N-dealkylation sites (N-methyl/N-ethyl adjacent to an activating group) is 1. The summed E-state index contributed by atoms with van der Waals surface area (Å²) in [5, 5.41) is 13.3. The molecule has 3 aliphatic carbocycles. The van der Waals surface area contributed by atoms with Crippen LogP contribution in [-0.4, -0.2) is 82.0 Å². The van der Waals surface area contributed by atoms with Gasteiger partial charge in [0, 0.05) is 30.7 Å². The van der Waals surface area contributed by atoms with E-state index in [1.54, 1.807) is 11.0 Å². The van der Waals surface area contributed by atoms with Gasteiger partial charge in [-0.05, 0) is 79.2 Å². The van der Waals surface area contributed by atoms with Gasteiger partial charge in [0.1, 0.15) is 0 Å². The molecule has 2 N–H and O–H groups in total. The Morgan fingerprint density at radius 3 is 2.06 bits per heavy atom. The molecule has 9 nitrogen and oxygen atoms in total. The Morgan fingerprint density at radius 1 is 0.939 bits per heavy atom. The summed E-state index contributed by atoms with van der Waals surface area (Å²) in [4.78, 5) is 73.5. The van der Waals surface area contributed by atoms with Crippen LogP contribution in [0.4, 0.5) is 0 Å². The van der Waals surface area contributed by atoms with E-state index in [0.717, 1.165) is 51.6 Å². The van der Waals surface area contributed by atoms with Crippen LogP contribution in [0.5, 0.6) is 0 Å². The van der Waals surface area contributed by atoms with Crippen LogP contribution in [0.3, 0.4) is 0 Å². The summed E-state index contributed by atoms with van der Waals surface area (Å²) in [7, 11) is 0. The summed E-state index contributed by atoms with van der Waals surface area (Å²) in [6.07, 6.45) is 8.46.